The number of nitrogens with zero attached hydrogens (tertiary/aromatic N) is 1. The van der Waals surface area contributed by atoms with Gasteiger partial charge in [0.05, 0.1) is 15.3 Å². The molecule has 37 heavy (non-hydrogen) atoms. The van der Waals surface area contributed by atoms with Crippen LogP contribution in [0.5, 0.6) is 5.75 Å². The fraction of sp³-hybridized carbons (Fsp3) is 0.143. The highest BCUT2D eigenvalue weighted by atomic mass is 32.2. The summed E-state index contributed by atoms with van der Waals surface area (Å²) in [6.45, 7) is 6.08. The minimum atomic E-state index is -4.43. The zero-order chi connectivity index (χ0) is 26.4. The monoisotopic (exact) mass is 533 g/mol. The summed E-state index contributed by atoms with van der Waals surface area (Å²) in [5, 5.41) is 0.917. The van der Waals surface area contributed by atoms with Crippen LogP contribution in [-0.4, -0.2) is 14.5 Å². The van der Waals surface area contributed by atoms with Crippen molar-refractivity contribution in [2.24, 2.45) is 0 Å². The maximum Gasteiger partial charge on any atom is 0.434 e. The van der Waals surface area contributed by atoms with Gasteiger partial charge in [-0.15, -0.1) is 0 Å². The van der Waals surface area contributed by atoms with Crippen LogP contribution in [-0.2, 0) is 15.4 Å². The zero-order valence-electron chi connectivity index (χ0n) is 20.3. The molecule has 0 saturated heterocycles. The number of sulfonamides is 1. The van der Waals surface area contributed by atoms with Gasteiger partial charge in [-0.25, -0.2) is 18.0 Å². The number of carbonyl (C=O) groups is 1. The van der Waals surface area contributed by atoms with Gasteiger partial charge >= 0.3 is 11.0 Å². The molecule has 7 nitrogen and oxygen atoms in total. The fourth-order valence-corrected chi connectivity index (χ4v) is 6.09. The molecule has 0 aliphatic heterocycles. The lowest BCUT2D eigenvalue weighted by molar-refractivity contribution is 0.211. The molecule has 4 aromatic carbocycles. The summed E-state index contributed by atoms with van der Waals surface area (Å²) in [6.07, 6.45) is -1.11. The number of benzene rings is 4. The smallest absolute Gasteiger partial charge is 0.413 e. The van der Waals surface area contributed by atoms with Crippen LogP contribution < -0.4 is 14.0 Å². The number of anilines is 1. The number of para-hydroxylation sites is 1. The molecule has 0 aliphatic rings. The van der Waals surface area contributed by atoms with Gasteiger partial charge < -0.3 is 9.15 Å². The largest absolute Gasteiger partial charge is 0.434 e. The van der Waals surface area contributed by atoms with E-state index < -0.39 is 21.1 Å². The van der Waals surface area contributed by atoms with E-state index in [1.807, 2.05) is 20.8 Å². The number of amides is 1. The number of ether oxygens (including phenoxy) is 1. The summed E-state index contributed by atoms with van der Waals surface area (Å²) in [5.41, 5.74) is 1.15. The molecule has 1 aromatic heterocycles. The molecular weight excluding hydrogens is 510 g/mol. The molecule has 9 heteroatoms. The van der Waals surface area contributed by atoms with E-state index in [4.69, 9.17) is 9.15 Å². The molecule has 0 saturated carbocycles. The Balaban J connectivity index is 1.74. The molecule has 0 atom stereocenters. The lowest BCUT2D eigenvalue weighted by Gasteiger charge is -2.24. The van der Waals surface area contributed by atoms with Crippen LogP contribution in [0.3, 0.4) is 0 Å². The van der Waals surface area contributed by atoms with Crippen LogP contribution in [0.15, 0.2) is 99.0 Å². The Bertz CT molecular complexity index is 1780. The van der Waals surface area contributed by atoms with Crippen LogP contribution in [0, 0.1) is 0 Å². The van der Waals surface area contributed by atoms with Crippen molar-refractivity contribution in [3.05, 3.63) is 100 Å². The van der Waals surface area contributed by atoms with E-state index in [9.17, 15) is 18.0 Å². The van der Waals surface area contributed by atoms with E-state index in [-0.39, 0.29) is 21.7 Å². The lowest BCUT2D eigenvalue weighted by atomic mass is 9.87. The van der Waals surface area contributed by atoms with E-state index in [0.717, 1.165) is 16.9 Å². The predicted molar refractivity (Wildman–Crippen MR) is 145 cm³/mol. The third-order valence-corrected chi connectivity index (χ3v) is 8.38. The van der Waals surface area contributed by atoms with Gasteiger partial charge in [-0.1, -0.05) is 86.7 Å². The molecule has 1 heterocycles. The first-order chi connectivity index (χ1) is 17.6. The van der Waals surface area contributed by atoms with Gasteiger partial charge in [-0.3, -0.25) is 0 Å². The molecule has 5 rings (SSSR count). The number of hydrogen-bond donors (Lipinski definition) is 0. The quantitative estimate of drug-likeness (QED) is 0.255. The summed E-state index contributed by atoms with van der Waals surface area (Å²) in [7, 11) is -4.43. The van der Waals surface area contributed by atoms with Gasteiger partial charge in [-0.05, 0) is 41.3 Å². The Morgan fingerprint density at radius 3 is 2.16 bits per heavy atom. The highest BCUT2D eigenvalue weighted by Crippen LogP contribution is 2.38. The number of rotatable bonds is 4. The van der Waals surface area contributed by atoms with Crippen molar-refractivity contribution in [1.82, 2.24) is 0 Å². The van der Waals surface area contributed by atoms with Gasteiger partial charge in [0.1, 0.15) is 5.75 Å². The predicted octanol–water partition coefficient (Wildman–Crippen LogP) is 6.70. The highest BCUT2D eigenvalue weighted by molar-refractivity contribution is 7.93. The molecule has 0 bridgehead atoms. The third kappa shape index (κ3) is 4.63. The molecule has 0 radical (unpaired) electrons. The first-order valence-electron chi connectivity index (χ1n) is 11.4. The maximum atomic E-state index is 14.1. The molecule has 188 valence electrons. The van der Waals surface area contributed by atoms with E-state index in [0.29, 0.717) is 25.4 Å². The van der Waals surface area contributed by atoms with E-state index in [1.54, 1.807) is 66.7 Å². The van der Waals surface area contributed by atoms with Gasteiger partial charge in [0.2, 0.25) is 0 Å². The normalized spacial score (nSPS) is 12.1. The molecule has 0 fully saturated rings. The van der Waals surface area contributed by atoms with Crippen LogP contribution in [0.25, 0.3) is 21.1 Å². The Hall–Kier alpha value is -3.95. The Kier molecular flexibility index (Phi) is 6.13. The van der Waals surface area contributed by atoms with E-state index in [1.165, 1.54) is 18.2 Å². The van der Waals surface area contributed by atoms with Crippen LogP contribution in [0.1, 0.15) is 26.3 Å². The average Bonchev–Trinajstić information content (AvgIpc) is 3.24. The van der Waals surface area contributed by atoms with Gasteiger partial charge in [0.25, 0.3) is 10.0 Å². The topological polar surface area (TPSA) is 93.9 Å². The van der Waals surface area contributed by atoms with Crippen LogP contribution in [0.4, 0.5) is 10.5 Å². The summed E-state index contributed by atoms with van der Waals surface area (Å²) in [4.78, 5) is 25.0. The minimum absolute atomic E-state index is 0.0565. The Morgan fingerprint density at radius 2 is 1.51 bits per heavy atom. The SMILES string of the molecule is CC(C)(C)c1ccc(S(=O)(=O)N(C(=O)Oc2ccccc2)c2cc3sc(=O)oc3c3ccccc23)cc1. The molecular formula is C28H23NO6S2. The van der Waals surface area contributed by atoms with E-state index >= 15 is 0 Å². The third-order valence-electron chi connectivity index (χ3n) is 5.91. The number of carbonyl (C=O) groups excluding carboxylic acids is 1. The van der Waals surface area contributed by atoms with Crippen molar-refractivity contribution < 1.29 is 22.4 Å². The van der Waals surface area contributed by atoms with E-state index in [2.05, 4.69) is 0 Å². The summed E-state index contributed by atoms with van der Waals surface area (Å²) in [6, 6.07) is 23.0. The summed E-state index contributed by atoms with van der Waals surface area (Å²) < 4.78 is 40.0. The highest BCUT2D eigenvalue weighted by Gasteiger charge is 2.35. The summed E-state index contributed by atoms with van der Waals surface area (Å²) in [5.74, 6) is 0.189. The molecule has 0 spiro atoms. The van der Waals surface area contributed by atoms with Crippen LogP contribution in [0.2, 0.25) is 0 Å². The number of hydrogen-bond acceptors (Lipinski definition) is 7. The van der Waals surface area contributed by atoms with Crippen molar-refractivity contribution >= 4 is 54.2 Å². The van der Waals surface area contributed by atoms with Crippen molar-refractivity contribution in [2.45, 2.75) is 31.1 Å². The lowest BCUT2D eigenvalue weighted by Crippen LogP contribution is -2.39. The molecule has 0 unspecified atom stereocenters. The minimum Gasteiger partial charge on any atom is -0.413 e. The van der Waals surface area contributed by atoms with Gasteiger partial charge in [0, 0.05) is 10.8 Å². The van der Waals surface area contributed by atoms with Crippen molar-refractivity contribution in [3.63, 3.8) is 0 Å². The molecule has 5 aromatic rings. The molecule has 0 aliphatic carbocycles. The second kappa shape index (κ2) is 9.17. The zero-order valence-corrected chi connectivity index (χ0v) is 21.9. The van der Waals surface area contributed by atoms with Gasteiger partial charge in [0.15, 0.2) is 5.58 Å². The first kappa shape index (κ1) is 24.7. The second-order valence-electron chi connectivity index (χ2n) is 9.45. The van der Waals surface area contributed by atoms with Crippen LogP contribution >= 0.6 is 11.3 Å². The maximum absolute atomic E-state index is 14.1. The first-order valence-corrected chi connectivity index (χ1v) is 13.7. The number of fused-ring (bicyclic) bond motifs is 3. The Labute approximate surface area is 217 Å². The average molecular weight is 534 g/mol. The fourth-order valence-electron chi connectivity index (χ4n) is 4.04. The van der Waals surface area contributed by atoms with Gasteiger partial charge in [-0.2, -0.15) is 4.31 Å². The standard InChI is InChI=1S/C28H23NO6S2/c1-28(2,3)18-13-15-20(16-14-18)37(32,33)29(26(30)34-19-9-5-4-6-10-19)23-17-24-25(35-27(31)36-24)22-12-8-7-11-21(22)23/h4-17H,1-3H3. The molecule has 1 amide bonds. The van der Waals surface area contributed by atoms with Crippen molar-refractivity contribution in [2.75, 3.05) is 4.31 Å². The Morgan fingerprint density at radius 1 is 0.892 bits per heavy atom. The molecule has 0 N–H and O–H groups in total. The van der Waals surface area contributed by atoms with Crippen molar-refractivity contribution in [3.8, 4) is 5.75 Å². The second-order valence-corrected chi connectivity index (χ2v) is 12.2. The summed E-state index contributed by atoms with van der Waals surface area (Å²) >= 11 is 0.830. The van der Waals surface area contributed by atoms with Crippen molar-refractivity contribution in [1.29, 1.82) is 0 Å².